The molecule has 3 rings (SSSR count). The summed E-state index contributed by atoms with van der Waals surface area (Å²) in [5.74, 6) is -0.243. The predicted octanol–water partition coefficient (Wildman–Crippen LogP) is 4.56. The SMILES string of the molecule is CN(CCCN=[N+]=[N-])C(=O)c1ccc(S(=O)(=O)OCCc2ccc3ccccc3c2)cc1. The zero-order chi connectivity index (χ0) is 23.0. The van der Waals surface area contributed by atoms with Gasteiger partial charge in [-0.05, 0) is 59.0 Å². The second-order valence-corrected chi connectivity index (χ2v) is 8.88. The van der Waals surface area contributed by atoms with Crippen molar-refractivity contribution >= 4 is 26.8 Å². The number of rotatable bonds is 10. The van der Waals surface area contributed by atoms with Crippen molar-refractivity contribution in [3.05, 3.63) is 88.3 Å². The van der Waals surface area contributed by atoms with Gasteiger partial charge < -0.3 is 4.90 Å². The Hall–Kier alpha value is -3.39. The second-order valence-electron chi connectivity index (χ2n) is 7.27. The highest BCUT2D eigenvalue weighted by atomic mass is 32.2. The van der Waals surface area contributed by atoms with E-state index >= 15 is 0 Å². The van der Waals surface area contributed by atoms with Gasteiger partial charge in [-0.3, -0.25) is 8.98 Å². The van der Waals surface area contributed by atoms with Gasteiger partial charge in [0, 0.05) is 30.6 Å². The van der Waals surface area contributed by atoms with E-state index in [0.29, 0.717) is 31.5 Å². The summed E-state index contributed by atoms with van der Waals surface area (Å²) in [5.41, 5.74) is 9.64. The van der Waals surface area contributed by atoms with Crippen molar-refractivity contribution in [2.45, 2.75) is 17.7 Å². The molecule has 166 valence electrons. The van der Waals surface area contributed by atoms with Gasteiger partial charge in [0.05, 0.1) is 11.5 Å². The van der Waals surface area contributed by atoms with E-state index in [0.717, 1.165) is 16.3 Å². The minimum atomic E-state index is -3.93. The van der Waals surface area contributed by atoms with E-state index in [1.165, 1.54) is 29.2 Å². The van der Waals surface area contributed by atoms with Crippen LogP contribution < -0.4 is 0 Å². The quantitative estimate of drug-likeness (QED) is 0.147. The van der Waals surface area contributed by atoms with Crippen LogP contribution in [-0.4, -0.2) is 46.0 Å². The Morgan fingerprint density at radius 1 is 1.06 bits per heavy atom. The third-order valence-corrected chi connectivity index (χ3v) is 6.32. The largest absolute Gasteiger partial charge is 0.342 e. The molecular weight excluding hydrogens is 428 g/mol. The standard InChI is InChI=1S/C23H24N4O4S/c1-27(15-4-14-25-26-24)23(28)20-9-11-22(12-10-20)32(29,30)31-16-13-18-7-8-19-5-2-3-6-21(19)17-18/h2-3,5-12,17H,4,13-16H2,1H3. The molecule has 0 aliphatic heterocycles. The summed E-state index contributed by atoms with van der Waals surface area (Å²) in [4.78, 5) is 16.6. The van der Waals surface area contributed by atoms with Crippen LogP contribution in [0.15, 0.2) is 76.7 Å². The Bertz CT molecular complexity index is 1240. The molecule has 1 amide bonds. The molecule has 0 aromatic heterocycles. The first-order valence-electron chi connectivity index (χ1n) is 10.1. The number of benzene rings is 3. The number of hydrogen-bond donors (Lipinski definition) is 0. The number of carbonyl (C=O) groups is 1. The van der Waals surface area contributed by atoms with E-state index < -0.39 is 10.1 Å². The Morgan fingerprint density at radius 3 is 2.50 bits per heavy atom. The lowest BCUT2D eigenvalue weighted by molar-refractivity contribution is 0.0794. The average Bonchev–Trinajstić information content (AvgIpc) is 2.81. The van der Waals surface area contributed by atoms with E-state index in [1.807, 2.05) is 42.5 Å². The Kier molecular flexibility index (Phi) is 7.83. The fourth-order valence-electron chi connectivity index (χ4n) is 3.24. The van der Waals surface area contributed by atoms with E-state index in [1.54, 1.807) is 7.05 Å². The van der Waals surface area contributed by atoms with Gasteiger partial charge in [0.2, 0.25) is 0 Å². The fourth-order valence-corrected chi connectivity index (χ4v) is 4.15. The van der Waals surface area contributed by atoms with Crippen LogP contribution in [0.1, 0.15) is 22.3 Å². The summed E-state index contributed by atoms with van der Waals surface area (Å²) in [6, 6.07) is 19.6. The molecule has 0 radical (unpaired) electrons. The first-order chi connectivity index (χ1) is 15.4. The molecule has 3 aromatic rings. The van der Waals surface area contributed by atoms with E-state index in [2.05, 4.69) is 10.0 Å². The number of fused-ring (bicyclic) bond motifs is 1. The highest BCUT2D eigenvalue weighted by molar-refractivity contribution is 7.86. The lowest BCUT2D eigenvalue weighted by Crippen LogP contribution is -2.28. The molecule has 0 aliphatic carbocycles. The molecule has 0 heterocycles. The van der Waals surface area contributed by atoms with Gasteiger partial charge in [-0.25, -0.2) is 0 Å². The van der Waals surface area contributed by atoms with Crippen LogP contribution in [0.4, 0.5) is 0 Å². The van der Waals surface area contributed by atoms with Crippen LogP contribution in [-0.2, 0) is 20.7 Å². The van der Waals surface area contributed by atoms with Gasteiger partial charge in [-0.2, -0.15) is 8.42 Å². The monoisotopic (exact) mass is 452 g/mol. The minimum Gasteiger partial charge on any atom is -0.342 e. The van der Waals surface area contributed by atoms with E-state index in [4.69, 9.17) is 9.71 Å². The van der Waals surface area contributed by atoms with Crippen LogP contribution >= 0.6 is 0 Å². The van der Waals surface area contributed by atoms with Crippen molar-refractivity contribution in [3.63, 3.8) is 0 Å². The summed E-state index contributed by atoms with van der Waals surface area (Å²) in [7, 11) is -2.29. The van der Waals surface area contributed by atoms with Crippen molar-refractivity contribution in [3.8, 4) is 0 Å². The van der Waals surface area contributed by atoms with Gasteiger partial charge in [0.1, 0.15) is 0 Å². The zero-order valence-electron chi connectivity index (χ0n) is 17.7. The van der Waals surface area contributed by atoms with Crippen LogP contribution in [0.25, 0.3) is 21.2 Å². The molecule has 0 saturated carbocycles. The molecule has 0 atom stereocenters. The number of hydrogen-bond acceptors (Lipinski definition) is 5. The van der Waals surface area contributed by atoms with Gasteiger partial charge in [-0.1, -0.05) is 47.6 Å². The first kappa shape index (κ1) is 23.3. The zero-order valence-corrected chi connectivity index (χ0v) is 18.5. The molecule has 3 aromatic carbocycles. The maximum atomic E-state index is 12.5. The fraction of sp³-hybridized carbons (Fsp3) is 0.261. The molecule has 32 heavy (non-hydrogen) atoms. The van der Waals surface area contributed by atoms with Crippen molar-refractivity contribution < 1.29 is 17.4 Å². The summed E-state index contributed by atoms with van der Waals surface area (Å²) < 4.78 is 30.2. The molecule has 0 bridgehead atoms. The maximum absolute atomic E-state index is 12.5. The van der Waals surface area contributed by atoms with E-state index in [9.17, 15) is 13.2 Å². The smallest absolute Gasteiger partial charge is 0.296 e. The van der Waals surface area contributed by atoms with Crippen LogP contribution in [0, 0.1) is 0 Å². The van der Waals surface area contributed by atoms with E-state index in [-0.39, 0.29) is 17.4 Å². The Balaban J connectivity index is 1.56. The van der Waals surface area contributed by atoms with Crippen molar-refractivity contribution in [2.24, 2.45) is 5.11 Å². The van der Waals surface area contributed by atoms with Gasteiger partial charge in [-0.15, -0.1) is 0 Å². The number of amides is 1. The second kappa shape index (κ2) is 10.8. The molecule has 0 N–H and O–H groups in total. The predicted molar refractivity (Wildman–Crippen MR) is 123 cm³/mol. The summed E-state index contributed by atoms with van der Waals surface area (Å²) in [6.07, 6.45) is 1.01. The molecule has 9 heteroatoms. The molecule has 0 spiro atoms. The number of nitrogens with zero attached hydrogens (tertiary/aromatic N) is 4. The highest BCUT2D eigenvalue weighted by Crippen LogP contribution is 2.18. The number of carbonyl (C=O) groups excluding carboxylic acids is 1. The van der Waals surface area contributed by atoms with Crippen molar-refractivity contribution in [1.29, 1.82) is 0 Å². The maximum Gasteiger partial charge on any atom is 0.296 e. The molecule has 0 unspecified atom stereocenters. The van der Waals surface area contributed by atoms with Crippen molar-refractivity contribution in [2.75, 3.05) is 26.7 Å². The molecule has 0 saturated heterocycles. The minimum absolute atomic E-state index is 0.00132. The van der Waals surface area contributed by atoms with Gasteiger partial charge in [0.25, 0.3) is 16.0 Å². The number of azide groups is 1. The van der Waals surface area contributed by atoms with Gasteiger partial charge in [0.15, 0.2) is 0 Å². The normalized spacial score (nSPS) is 11.2. The van der Waals surface area contributed by atoms with Gasteiger partial charge >= 0.3 is 0 Å². The first-order valence-corrected chi connectivity index (χ1v) is 11.5. The molecule has 0 fully saturated rings. The van der Waals surface area contributed by atoms with Crippen LogP contribution in [0.3, 0.4) is 0 Å². The summed E-state index contributed by atoms with van der Waals surface area (Å²) in [5, 5.41) is 5.65. The van der Waals surface area contributed by atoms with Crippen LogP contribution in [0.5, 0.6) is 0 Å². The topological polar surface area (TPSA) is 112 Å². The highest BCUT2D eigenvalue weighted by Gasteiger charge is 2.17. The molecule has 0 aliphatic rings. The lowest BCUT2D eigenvalue weighted by atomic mass is 10.1. The molecular formula is C23H24N4O4S. The Morgan fingerprint density at radius 2 is 1.78 bits per heavy atom. The molecule has 8 nitrogen and oxygen atoms in total. The third kappa shape index (κ3) is 6.07. The van der Waals surface area contributed by atoms with Crippen LogP contribution in [0.2, 0.25) is 0 Å². The summed E-state index contributed by atoms with van der Waals surface area (Å²) in [6.45, 7) is 0.757. The lowest BCUT2D eigenvalue weighted by Gasteiger charge is -2.16. The van der Waals surface area contributed by atoms with Crippen molar-refractivity contribution in [1.82, 2.24) is 4.90 Å². The third-order valence-electron chi connectivity index (χ3n) is 4.99. The average molecular weight is 453 g/mol. The Labute approximate surface area is 187 Å². The summed E-state index contributed by atoms with van der Waals surface area (Å²) >= 11 is 0.